The van der Waals surface area contributed by atoms with E-state index in [1.807, 2.05) is 23.8 Å². The molecule has 78 valence electrons. The number of rotatable bonds is 1. The number of aryl methyl sites for hydroxylation is 1. The van der Waals surface area contributed by atoms with Crippen molar-refractivity contribution >= 4 is 5.65 Å². The Morgan fingerprint density at radius 2 is 2.40 bits per heavy atom. The van der Waals surface area contributed by atoms with Gasteiger partial charge in [-0.25, -0.2) is 9.50 Å². The van der Waals surface area contributed by atoms with Gasteiger partial charge in [0.05, 0.1) is 6.20 Å². The highest BCUT2D eigenvalue weighted by atomic mass is 15.2. The van der Waals surface area contributed by atoms with Crippen LogP contribution in [0.3, 0.4) is 0 Å². The van der Waals surface area contributed by atoms with Gasteiger partial charge in [-0.2, -0.15) is 5.10 Å². The summed E-state index contributed by atoms with van der Waals surface area (Å²) >= 11 is 0. The smallest absolute Gasteiger partial charge is 0.157 e. The van der Waals surface area contributed by atoms with Crippen LogP contribution >= 0.6 is 0 Å². The van der Waals surface area contributed by atoms with Gasteiger partial charge in [-0.05, 0) is 25.5 Å². The molecular formula is C11H14N4. The fraction of sp³-hybridized carbons (Fsp3) is 0.455. The van der Waals surface area contributed by atoms with E-state index in [0.717, 1.165) is 24.3 Å². The fourth-order valence-electron chi connectivity index (χ4n) is 2.16. The quantitative estimate of drug-likeness (QED) is 0.753. The van der Waals surface area contributed by atoms with E-state index in [0.29, 0.717) is 5.92 Å². The molecule has 2 aromatic rings. The Labute approximate surface area is 88.3 Å². The molecule has 1 aliphatic rings. The van der Waals surface area contributed by atoms with Crippen molar-refractivity contribution in [2.75, 3.05) is 13.1 Å². The van der Waals surface area contributed by atoms with Crippen LogP contribution in [0.2, 0.25) is 0 Å². The molecule has 2 aromatic heterocycles. The third kappa shape index (κ3) is 1.41. The number of fused-ring (bicyclic) bond motifs is 1. The van der Waals surface area contributed by atoms with Gasteiger partial charge in [-0.3, -0.25) is 0 Å². The van der Waals surface area contributed by atoms with Gasteiger partial charge in [0, 0.05) is 30.4 Å². The highest BCUT2D eigenvalue weighted by Crippen LogP contribution is 2.21. The molecule has 0 radical (unpaired) electrons. The summed E-state index contributed by atoms with van der Waals surface area (Å²) in [4.78, 5) is 4.46. The molecule has 1 N–H and O–H groups in total. The van der Waals surface area contributed by atoms with Gasteiger partial charge in [0.25, 0.3) is 0 Å². The molecule has 3 rings (SSSR count). The highest BCUT2D eigenvalue weighted by molar-refractivity contribution is 5.45. The topological polar surface area (TPSA) is 42.2 Å². The molecule has 1 fully saturated rings. The number of hydrogen-bond donors (Lipinski definition) is 1. The van der Waals surface area contributed by atoms with Gasteiger partial charge < -0.3 is 5.32 Å². The minimum absolute atomic E-state index is 0.603. The largest absolute Gasteiger partial charge is 0.316 e. The van der Waals surface area contributed by atoms with Crippen molar-refractivity contribution in [3.8, 4) is 0 Å². The van der Waals surface area contributed by atoms with Gasteiger partial charge in [-0.15, -0.1) is 0 Å². The fourth-order valence-corrected chi connectivity index (χ4v) is 2.16. The van der Waals surface area contributed by atoms with Crippen LogP contribution in [0.5, 0.6) is 0 Å². The van der Waals surface area contributed by atoms with E-state index in [4.69, 9.17) is 0 Å². The molecule has 1 atom stereocenters. The summed E-state index contributed by atoms with van der Waals surface area (Å²) in [5.74, 6) is 0.603. The van der Waals surface area contributed by atoms with Crippen LogP contribution in [-0.2, 0) is 0 Å². The molecule has 0 aromatic carbocycles. The molecule has 0 saturated carbocycles. The number of nitrogens with zero attached hydrogens (tertiary/aromatic N) is 3. The molecule has 0 bridgehead atoms. The summed E-state index contributed by atoms with van der Waals surface area (Å²) in [5.41, 5.74) is 3.38. The molecule has 1 saturated heterocycles. The van der Waals surface area contributed by atoms with Crippen LogP contribution in [0.25, 0.3) is 5.65 Å². The molecule has 15 heavy (non-hydrogen) atoms. The number of hydrogen-bond acceptors (Lipinski definition) is 3. The first-order valence-corrected chi connectivity index (χ1v) is 5.35. The molecule has 0 spiro atoms. The van der Waals surface area contributed by atoms with Crippen molar-refractivity contribution in [3.63, 3.8) is 0 Å². The van der Waals surface area contributed by atoms with Crippen LogP contribution in [0.1, 0.15) is 23.5 Å². The van der Waals surface area contributed by atoms with Gasteiger partial charge in [-0.1, -0.05) is 0 Å². The van der Waals surface area contributed by atoms with E-state index in [1.165, 1.54) is 12.0 Å². The molecule has 1 unspecified atom stereocenters. The van der Waals surface area contributed by atoms with E-state index in [-0.39, 0.29) is 0 Å². The Hall–Kier alpha value is -1.42. The van der Waals surface area contributed by atoms with Crippen LogP contribution in [-0.4, -0.2) is 27.7 Å². The predicted molar refractivity (Wildman–Crippen MR) is 58.0 cm³/mol. The predicted octanol–water partition coefficient (Wildman–Crippen LogP) is 1.11. The van der Waals surface area contributed by atoms with Crippen LogP contribution in [0, 0.1) is 6.92 Å². The summed E-state index contributed by atoms with van der Waals surface area (Å²) in [6.45, 7) is 4.21. The standard InChI is InChI=1S/C11H14N4/c1-8-4-14-15-7-10(6-13-11(8)15)9-2-3-12-5-9/h4,6-7,9,12H,2-3,5H2,1H3. The second kappa shape index (κ2) is 3.31. The molecule has 4 nitrogen and oxygen atoms in total. The summed E-state index contributed by atoms with van der Waals surface area (Å²) < 4.78 is 1.88. The Morgan fingerprint density at radius 1 is 1.47 bits per heavy atom. The first-order valence-electron chi connectivity index (χ1n) is 5.35. The van der Waals surface area contributed by atoms with Crippen molar-refractivity contribution in [2.24, 2.45) is 0 Å². The molecule has 4 heteroatoms. The van der Waals surface area contributed by atoms with Gasteiger partial charge in [0.15, 0.2) is 5.65 Å². The normalized spacial score (nSPS) is 21.3. The Morgan fingerprint density at radius 3 is 3.20 bits per heavy atom. The first-order chi connectivity index (χ1) is 7.34. The van der Waals surface area contributed by atoms with Crippen LogP contribution < -0.4 is 5.32 Å². The zero-order valence-corrected chi connectivity index (χ0v) is 8.77. The SMILES string of the molecule is Cc1cnn2cc(C3CCNC3)cnc12. The lowest BCUT2D eigenvalue weighted by Gasteiger charge is -2.07. The minimum atomic E-state index is 0.603. The average Bonchev–Trinajstić information content (AvgIpc) is 2.88. The summed E-state index contributed by atoms with van der Waals surface area (Å²) in [6.07, 6.45) is 7.15. The lowest BCUT2D eigenvalue weighted by Crippen LogP contribution is -2.08. The minimum Gasteiger partial charge on any atom is -0.316 e. The maximum absolute atomic E-state index is 4.46. The van der Waals surface area contributed by atoms with E-state index in [2.05, 4.69) is 21.6 Å². The van der Waals surface area contributed by atoms with Gasteiger partial charge in [0.1, 0.15) is 0 Å². The maximum atomic E-state index is 4.46. The zero-order valence-electron chi connectivity index (χ0n) is 8.77. The van der Waals surface area contributed by atoms with Gasteiger partial charge >= 0.3 is 0 Å². The third-order valence-electron chi connectivity index (χ3n) is 3.08. The zero-order chi connectivity index (χ0) is 10.3. The van der Waals surface area contributed by atoms with Crippen molar-refractivity contribution < 1.29 is 0 Å². The first kappa shape index (κ1) is 8.85. The van der Waals surface area contributed by atoms with Crippen molar-refractivity contribution in [1.29, 1.82) is 0 Å². The van der Waals surface area contributed by atoms with Crippen molar-refractivity contribution in [2.45, 2.75) is 19.3 Å². The molecule has 0 amide bonds. The summed E-state index contributed by atoms with van der Waals surface area (Å²) in [7, 11) is 0. The Bertz CT molecular complexity index is 482. The van der Waals surface area contributed by atoms with E-state index in [9.17, 15) is 0 Å². The van der Waals surface area contributed by atoms with Crippen LogP contribution in [0.15, 0.2) is 18.6 Å². The monoisotopic (exact) mass is 202 g/mol. The van der Waals surface area contributed by atoms with E-state index in [1.54, 1.807) is 0 Å². The second-order valence-corrected chi connectivity index (χ2v) is 4.17. The molecule has 3 heterocycles. The summed E-state index contributed by atoms with van der Waals surface area (Å²) in [5, 5.41) is 7.65. The maximum Gasteiger partial charge on any atom is 0.157 e. The second-order valence-electron chi connectivity index (χ2n) is 4.17. The Kier molecular flexibility index (Phi) is 1.95. The van der Waals surface area contributed by atoms with E-state index < -0.39 is 0 Å². The van der Waals surface area contributed by atoms with Crippen LogP contribution in [0.4, 0.5) is 0 Å². The number of aromatic nitrogens is 3. The highest BCUT2D eigenvalue weighted by Gasteiger charge is 2.17. The Balaban J connectivity index is 2.05. The number of nitrogens with one attached hydrogen (secondary N) is 1. The van der Waals surface area contributed by atoms with Crippen molar-refractivity contribution in [1.82, 2.24) is 19.9 Å². The lowest BCUT2D eigenvalue weighted by molar-refractivity contribution is 0.743. The summed E-state index contributed by atoms with van der Waals surface area (Å²) in [6, 6.07) is 0. The van der Waals surface area contributed by atoms with Crippen molar-refractivity contribution in [3.05, 3.63) is 29.7 Å². The third-order valence-corrected chi connectivity index (χ3v) is 3.08. The van der Waals surface area contributed by atoms with E-state index >= 15 is 0 Å². The lowest BCUT2D eigenvalue weighted by atomic mass is 10.0. The molecular weight excluding hydrogens is 188 g/mol. The average molecular weight is 202 g/mol. The molecule has 1 aliphatic heterocycles. The molecule has 0 aliphatic carbocycles. The van der Waals surface area contributed by atoms with Gasteiger partial charge in [0.2, 0.25) is 0 Å².